The Morgan fingerprint density at radius 2 is 1.79 bits per heavy atom. The summed E-state index contributed by atoms with van der Waals surface area (Å²) in [7, 11) is 2.17. The molecule has 3 heterocycles. The molecule has 0 amide bonds. The van der Waals surface area contributed by atoms with Crippen molar-refractivity contribution in [3.63, 3.8) is 0 Å². The van der Waals surface area contributed by atoms with Gasteiger partial charge in [0.05, 0.1) is 5.69 Å². The molecule has 33 heavy (non-hydrogen) atoms. The molecule has 5 rings (SSSR count). The summed E-state index contributed by atoms with van der Waals surface area (Å²) < 4.78 is 1.80. The van der Waals surface area contributed by atoms with Crippen molar-refractivity contribution in [3.8, 4) is 5.69 Å². The van der Waals surface area contributed by atoms with Crippen LogP contribution in [0.25, 0.3) is 11.3 Å². The van der Waals surface area contributed by atoms with Crippen LogP contribution in [-0.4, -0.2) is 49.2 Å². The van der Waals surface area contributed by atoms with Crippen LogP contribution in [0.4, 0.5) is 5.69 Å². The molecule has 1 saturated heterocycles. The summed E-state index contributed by atoms with van der Waals surface area (Å²) >= 11 is 0. The van der Waals surface area contributed by atoms with E-state index in [0.717, 1.165) is 73.6 Å². The van der Waals surface area contributed by atoms with Gasteiger partial charge in [0.2, 0.25) is 0 Å². The minimum atomic E-state index is 0.00129. The second-order valence-electron chi connectivity index (χ2n) is 9.24. The number of hydrogen-bond donors (Lipinski definition) is 1. The Morgan fingerprint density at radius 3 is 2.55 bits per heavy atom. The van der Waals surface area contributed by atoms with Crippen LogP contribution in [0, 0.1) is 6.92 Å². The highest BCUT2D eigenvalue weighted by atomic mass is 16.1. The maximum atomic E-state index is 13.0. The third-order valence-corrected chi connectivity index (χ3v) is 7.04. The molecule has 5 heteroatoms. The van der Waals surface area contributed by atoms with Crippen molar-refractivity contribution in [2.75, 3.05) is 44.7 Å². The van der Waals surface area contributed by atoms with Crippen LogP contribution < -0.4 is 15.8 Å². The second kappa shape index (κ2) is 9.00. The lowest BCUT2D eigenvalue weighted by atomic mass is 9.96. The number of nitrogens with zero attached hydrogens (tertiary/aromatic N) is 3. The summed E-state index contributed by atoms with van der Waals surface area (Å²) in [6.45, 7) is 12.5. The van der Waals surface area contributed by atoms with Crippen LogP contribution in [0.2, 0.25) is 0 Å². The third kappa shape index (κ3) is 4.26. The van der Waals surface area contributed by atoms with E-state index in [1.165, 1.54) is 16.8 Å². The number of aromatic nitrogens is 1. The lowest BCUT2D eigenvalue weighted by molar-refractivity contribution is 0.313. The quantitative estimate of drug-likeness (QED) is 0.673. The molecule has 170 valence electrons. The van der Waals surface area contributed by atoms with Crippen LogP contribution in [0.5, 0.6) is 0 Å². The van der Waals surface area contributed by atoms with Crippen molar-refractivity contribution in [1.29, 1.82) is 0 Å². The van der Waals surface area contributed by atoms with Crippen molar-refractivity contribution < 1.29 is 0 Å². The van der Waals surface area contributed by atoms with Crippen molar-refractivity contribution >= 4 is 11.3 Å². The number of hydrogen-bond acceptors (Lipinski definition) is 4. The van der Waals surface area contributed by atoms with Gasteiger partial charge in [-0.05, 0) is 73.0 Å². The Balaban J connectivity index is 1.47. The molecule has 3 aromatic rings. The molecule has 1 N–H and O–H groups in total. The summed E-state index contributed by atoms with van der Waals surface area (Å²) in [4.78, 5) is 17.8. The first-order valence-electron chi connectivity index (χ1n) is 11.8. The van der Waals surface area contributed by atoms with Gasteiger partial charge >= 0.3 is 0 Å². The second-order valence-corrected chi connectivity index (χ2v) is 9.24. The smallest absolute Gasteiger partial charge is 0.255 e. The van der Waals surface area contributed by atoms with E-state index in [0.29, 0.717) is 0 Å². The maximum absolute atomic E-state index is 13.0. The first-order chi connectivity index (χ1) is 16.0. The highest BCUT2D eigenvalue weighted by Gasteiger charge is 2.17. The highest BCUT2D eigenvalue weighted by Crippen LogP contribution is 2.28. The Labute approximate surface area is 196 Å². The molecule has 1 aromatic heterocycles. The first kappa shape index (κ1) is 21.7. The molecule has 0 saturated carbocycles. The number of aryl methyl sites for hydroxylation is 1. The number of likely N-dealkylation sites (N-methyl/N-ethyl adjacent to an activating group) is 1. The summed E-state index contributed by atoms with van der Waals surface area (Å²) in [6.07, 6.45) is 2.90. The molecule has 0 atom stereocenters. The summed E-state index contributed by atoms with van der Waals surface area (Å²) in [5, 5.41) is 3.42. The van der Waals surface area contributed by atoms with Gasteiger partial charge in [0.25, 0.3) is 5.56 Å². The maximum Gasteiger partial charge on any atom is 0.255 e. The summed E-state index contributed by atoms with van der Waals surface area (Å²) in [6, 6.07) is 16.7. The number of fused-ring (bicyclic) bond motifs is 1. The molecular formula is C28H32N4O. The van der Waals surface area contributed by atoms with Crippen molar-refractivity contribution in [3.05, 3.63) is 99.5 Å². The van der Waals surface area contributed by atoms with E-state index in [-0.39, 0.29) is 5.56 Å². The molecular weight excluding hydrogens is 408 g/mol. The van der Waals surface area contributed by atoms with E-state index in [2.05, 4.69) is 65.1 Å². The Hall–Kier alpha value is -3.15. The lowest BCUT2D eigenvalue weighted by Crippen LogP contribution is -2.44. The number of benzene rings is 2. The number of nitrogens with one attached hydrogen (secondary N) is 1. The van der Waals surface area contributed by atoms with Gasteiger partial charge in [-0.3, -0.25) is 9.36 Å². The number of piperazine rings is 1. The average molecular weight is 441 g/mol. The normalized spacial score (nSPS) is 16.5. The highest BCUT2D eigenvalue weighted by molar-refractivity contribution is 5.80. The molecule has 2 aliphatic heterocycles. The van der Waals surface area contributed by atoms with E-state index in [1.807, 2.05) is 19.2 Å². The molecule has 5 nitrogen and oxygen atoms in total. The minimum Gasteiger partial charge on any atom is -0.369 e. The van der Waals surface area contributed by atoms with Crippen LogP contribution in [0.3, 0.4) is 0 Å². The molecule has 0 radical (unpaired) electrons. The van der Waals surface area contributed by atoms with Crippen molar-refractivity contribution in [2.24, 2.45) is 0 Å². The number of rotatable bonds is 4. The topological polar surface area (TPSA) is 40.5 Å². The van der Waals surface area contributed by atoms with E-state index in [4.69, 9.17) is 0 Å². The molecule has 0 unspecified atom stereocenters. The van der Waals surface area contributed by atoms with Gasteiger partial charge in [-0.15, -0.1) is 0 Å². The van der Waals surface area contributed by atoms with Crippen molar-refractivity contribution in [2.45, 2.75) is 19.9 Å². The Kier molecular flexibility index (Phi) is 5.92. The van der Waals surface area contributed by atoms with Crippen LogP contribution in [0.1, 0.15) is 27.8 Å². The average Bonchev–Trinajstić information content (AvgIpc) is 2.84. The lowest BCUT2D eigenvalue weighted by Gasteiger charge is -2.34. The zero-order chi connectivity index (χ0) is 22.9. The standard InChI is InChI=1S/C28H32N4O/c1-20-17-28(33)32(27-6-4-5-23-18-29-12-11-25(23)27)19-26(20)21(2)22-7-9-24(10-8-22)31-15-13-30(3)14-16-31/h4-10,17,19,29H,2,11-16,18H2,1,3H3. The van der Waals surface area contributed by atoms with E-state index in [1.54, 1.807) is 10.6 Å². The monoisotopic (exact) mass is 440 g/mol. The Morgan fingerprint density at radius 1 is 1.03 bits per heavy atom. The zero-order valence-corrected chi connectivity index (χ0v) is 19.6. The minimum absolute atomic E-state index is 0.00129. The summed E-state index contributed by atoms with van der Waals surface area (Å²) in [5.74, 6) is 0. The fraction of sp³-hybridized carbons (Fsp3) is 0.321. The SMILES string of the molecule is C=C(c1ccc(N2CCN(C)CC2)cc1)c1cn(-c2cccc3c2CCNC3)c(=O)cc1C. The predicted molar refractivity (Wildman–Crippen MR) is 136 cm³/mol. The fourth-order valence-corrected chi connectivity index (χ4v) is 4.96. The van der Waals surface area contributed by atoms with Gasteiger partial charge in [-0.1, -0.05) is 30.8 Å². The molecule has 0 aliphatic carbocycles. The van der Waals surface area contributed by atoms with Gasteiger partial charge in [0.1, 0.15) is 0 Å². The summed E-state index contributed by atoms with van der Waals surface area (Å²) in [5.41, 5.74) is 8.76. The van der Waals surface area contributed by atoms with Crippen LogP contribution >= 0.6 is 0 Å². The molecule has 0 spiro atoms. The number of pyridine rings is 1. The zero-order valence-electron chi connectivity index (χ0n) is 19.6. The molecule has 1 fully saturated rings. The van der Waals surface area contributed by atoms with Crippen molar-refractivity contribution in [1.82, 2.24) is 14.8 Å². The fourth-order valence-electron chi connectivity index (χ4n) is 4.96. The van der Waals surface area contributed by atoms with E-state index in [9.17, 15) is 4.79 Å². The predicted octanol–water partition coefficient (Wildman–Crippen LogP) is 3.60. The van der Waals surface area contributed by atoms with E-state index >= 15 is 0 Å². The van der Waals surface area contributed by atoms with Gasteiger partial charge in [0, 0.05) is 56.2 Å². The largest absolute Gasteiger partial charge is 0.369 e. The molecule has 0 bridgehead atoms. The van der Waals surface area contributed by atoms with Gasteiger partial charge in [-0.2, -0.15) is 0 Å². The van der Waals surface area contributed by atoms with Gasteiger partial charge < -0.3 is 15.1 Å². The molecule has 2 aromatic carbocycles. The van der Waals surface area contributed by atoms with Gasteiger partial charge in [0.15, 0.2) is 0 Å². The van der Waals surface area contributed by atoms with E-state index < -0.39 is 0 Å². The third-order valence-electron chi connectivity index (χ3n) is 7.04. The molecule has 2 aliphatic rings. The van der Waals surface area contributed by atoms with Crippen LogP contribution in [-0.2, 0) is 13.0 Å². The van der Waals surface area contributed by atoms with Crippen LogP contribution in [0.15, 0.2) is 66.1 Å². The Bertz CT molecular complexity index is 1230. The number of anilines is 1. The van der Waals surface area contributed by atoms with Gasteiger partial charge in [-0.25, -0.2) is 0 Å². The first-order valence-corrected chi connectivity index (χ1v) is 11.8.